The zero-order valence-electron chi connectivity index (χ0n) is 7.11. The van der Waals surface area contributed by atoms with E-state index in [1.165, 1.54) is 5.57 Å². The quantitative estimate of drug-likeness (QED) is 0.425. The van der Waals surface area contributed by atoms with Gasteiger partial charge >= 0.3 is 0 Å². The van der Waals surface area contributed by atoms with E-state index in [1.807, 2.05) is 7.05 Å². The summed E-state index contributed by atoms with van der Waals surface area (Å²) in [5.74, 6) is 0.647. The Hall–Kier alpha value is 0.180. The molecule has 1 N–H and O–H groups in total. The van der Waals surface area contributed by atoms with E-state index in [4.69, 9.17) is 0 Å². The van der Waals surface area contributed by atoms with Crippen LogP contribution < -0.4 is 5.32 Å². The number of allylic oxidation sites excluding steroid dienone is 1. The Labute approximate surface area is 72.0 Å². The van der Waals surface area contributed by atoms with Gasteiger partial charge in [0.1, 0.15) is 0 Å². The molecule has 0 aliphatic rings. The number of hydrogen-bond acceptors (Lipinski definition) is 1. The third kappa shape index (κ3) is 4.07. The molecule has 0 aliphatic carbocycles. The summed E-state index contributed by atoms with van der Waals surface area (Å²) in [6.45, 7) is 6.54. The molecule has 0 fully saturated rings. The van der Waals surface area contributed by atoms with Crippen LogP contribution >= 0.6 is 15.9 Å². The zero-order valence-corrected chi connectivity index (χ0v) is 8.70. The monoisotopic (exact) mass is 205 g/mol. The summed E-state index contributed by atoms with van der Waals surface area (Å²) in [6.07, 6.45) is 2.19. The summed E-state index contributed by atoms with van der Waals surface area (Å²) in [5.41, 5.74) is 1.41. The molecule has 0 aromatic carbocycles. The Kier molecular flexibility index (Phi) is 5.00. The Balaban J connectivity index is 3.89. The molecule has 2 heteroatoms. The number of alkyl halides is 1. The van der Waals surface area contributed by atoms with Gasteiger partial charge in [-0.3, -0.25) is 0 Å². The Morgan fingerprint density at radius 1 is 1.50 bits per heavy atom. The van der Waals surface area contributed by atoms with Crippen molar-refractivity contribution < 1.29 is 0 Å². The molecular formula is C8H16BrN. The van der Waals surface area contributed by atoms with Gasteiger partial charge in [-0.1, -0.05) is 41.4 Å². The predicted molar refractivity (Wildman–Crippen MR) is 50.4 cm³/mol. The van der Waals surface area contributed by atoms with Gasteiger partial charge in [0, 0.05) is 0 Å². The van der Waals surface area contributed by atoms with Crippen molar-refractivity contribution in [3.8, 4) is 0 Å². The molecule has 60 valence electrons. The minimum atomic E-state index is 0.315. The molecule has 0 rings (SSSR count). The van der Waals surface area contributed by atoms with E-state index in [0.29, 0.717) is 10.9 Å². The van der Waals surface area contributed by atoms with Gasteiger partial charge in [-0.2, -0.15) is 0 Å². The first-order valence-electron chi connectivity index (χ1n) is 3.57. The summed E-state index contributed by atoms with van der Waals surface area (Å²) in [6, 6.07) is 0. The molecular weight excluding hydrogens is 190 g/mol. The van der Waals surface area contributed by atoms with Crippen molar-refractivity contribution in [3.05, 3.63) is 11.6 Å². The maximum atomic E-state index is 3.46. The molecule has 0 aromatic rings. The molecule has 1 nitrogen and oxygen atoms in total. The third-order valence-electron chi connectivity index (χ3n) is 1.60. The fraction of sp³-hybridized carbons (Fsp3) is 0.750. The van der Waals surface area contributed by atoms with Crippen LogP contribution in [0.1, 0.15) is 20.8 Å². The first kappa shape index (κ1) is 10.2. The van der Waals surface area contributed by atoms with E-state index < -0.39 is 0 Å². The Morgan fingerprint density at radius 2 is 2.00 bits per heavy atom. The second-order valence-corrected chi connectivity index (χ2v) is 3.74. The van der Waals surface area contributed by atoms with Crippen LogP contribution in [0.4, 0.5) is 0 Å². The van der Waals surface area contributed by atoms with Gasteiger partial charge in [-0.25, -0.2) is 0 Å². The fourth-order valence-electron chi connectivity index (χ4n) is 0.507. The lowest BCUT2D eigenvalue weighted by Gasteiger charge is -2.07. The molecule has 0 saturated carbocycles. The van der Waals surface area contributed by atoms with Gasteiger partial charge in [0.15, 0.2) is 0 Å². The summed E-state index contributed by atoms with van der Waals surface area (Å²) in [5, 5.41) is 3.09. The summed E-state index contributed by atoms with van der Waals surface area (Å²) in [7, 11) is 1.93. The van der Waals surface area contributed by atoms with Gasteiger partial charge < -0.3 is 5.32 Å². The second-order valence-electron chi connectivity index (χ2n) is 2.76. The number of likely N-dealkylation sites (N-methyl/N-ethyl adjacent to an activating group) is 1. The summed E-state index contributed by atoms with van der Waals surface area (Å²) in [4.78, 5) is 0.315. The maximum absolute atomic E-state index is 3.46. The van der Waals surface area contributed by atoms with Crippen molar-refractivity contribution in [1.82, 2.24) is 5.32 Å². The van der Waals surface area contributed by atoms with Crippen LogP contribution in [0.3, 0.4) is 0 Å². The number of nitrogens with one attached hydrogen (secondary N) is 1. The fourth-order valence-corrected chi connectivity index (χ4v) is 0.924. The van der Waals surface area contributed by atoms with Crippen LogP contribution in [-0.4, -0.2) is 12.0 Å². The highest BCUT2D eigenvalue weighted by molar-refractivity contribution is 9.09. The standard InChI is InChI=1S/C8H16BrN/c1-6(2)7(3)5-8(9)10-4/h5-6,8,10H,1-4H3/b7-5-. The molecule has 0 heterocycles. The van der Waals surface area contributed by atoms with E-state index in [1.54, 1.807) is 0 Å². The smallest absolute Gasteiger partial charge is 0.0816 e. The minimum absolute atomic E-state index is 0.315. The van der Waals surface area contributed by atoms with E-state index in [9.17, 15) is 0 Å². The van der Waals surface area contributed by atoms with Crippen LogP contribution in [0.5, 0.6) is 0 Å². The molecule has 0 spiro atoms. The van der Waals surface area contributed by atoms with Gasteiger partial charge in [0.05, 0.1) is 4.95 Å². The summed E-state index contributed by atoms with van der Waals surface area (Å²) >= 11 is 3.46. The molecule has 0 radical (unpaired) electrons. The first-order chi connectivity index (χ1) is 4.57. The van der Waals surface area contributed by atoms with Gasteiger partial charge in [-0.05, 0) is 19.9 Å². The molecule has 0 amide bonds. The molecule has 0 saturated heterocycles. The van der Waals surface area contributed by atoms with E-state index >= 15 is 0 Å². The van der Waals surface area contributed by atoms with Crippen molar-refractivity contribution in [2.75, 3.05) is 7.05 Å². The SMILES string of the molecule is CNC(Br)/C=C(/C)C(C)C. The largest absolute Gasteiger partial charge is 0.305 e. The van der Waals surface area contributed by atoms with Crippen molar-refractivity contribution >= 4 is 15.9 Å². The highest BCUT2D eigenvalue weighted by Gasteiger charge is 1.99. The van der Waals surface area contributed by atoms with Crippen molar-refractivity contribution in [1.29, 1.82) is 0 Å². The van der Waals surface area contributed by atoms with Gasteiger partial charge in [0.25, 0.3) is 0 Å². The lowest BCUT2D eigenvalue weighted by atomic mass is 10.1. The van der Waals surface area contributed by atoms with Crippen molar-refractivity contribution in [3.63, 3.8) is 0 Å². The third-order valence-corrected chi connectivity index (χ3v) is 2.32. The first-order valence-corrected chi connectivity index (χ1v) is 4.49. The predicted octanol–water partition coefficient (Wildman–Crippen LogP) is 2.53. The lowest BCUT2D eigenvalue weighted by Crippen LogP contribution is -2.15. The number of rotatable bonds is 3. The number of halogens is 1. The topological polar surface area (TPSA) is 12.0 Å². The van der Waals surface area contributed by atoms with Crippen LogP contribution in [0.2, 0.25) is 0 Å². The average Bonchev–Trinajstić information content (AvgIpc) is 1.87. The van der Waals surface area contributed by atoms with E-state index in [-0.39, 0.29) is 0 Å². The molecule has 1 atom stereocenters. The van der Waals surface area contributed by atoms with Gasteiger partial charge in [0.2, 0.25) is 0 Å². The number of hydrogen-bond donors (Lipinski definition) is 1. The van der Waals surface area contributed by atoms with Crippen molar-refractivity contribution in [2.45, 2.75) is 25.7 Å². The van der Waals surface area contributed by atoms with Crippen LogP contribution in [0.25, 0.3) is 0 Å². The minimum Gasteiger partial charge on any atom is -0.305 e. The Morgan fingerprint density at radius 3 is 2.30 bits per heavy atom. The van der Waals surface area contributed by atoms with E-state index in [2.05, 4.69) is 48.1 Å². The highest BCUT2D eigenvalue weighted by atomic mass is 79.9. The van der Waals surface area contributed by atoms with Crippen LogP contribution in [0, 0.1) is 5.92 Å². The molecule has 1 unspecified atom stereocenters. The van der Waals surface area contributed by atoms with Gasteiger partial charge in [-0.15, -0.1) is 0 Å². The van der Waals surface area contributed by atoms with Crippen LogP contribution in [-0.2, 0) is 0 Å². The maximum Gasteiger partial charge on any atom is 0.0816 e. The Bertz CT molecular complexity index is 118. The molecule has 0 aliphatic heterocycles. The van der Waals surface area contributed by atoms with E-state index in [0.717, 1.165) is 0 Å². The summed E-state index contributed by atoms with van der Waals surface area (Å²) < 4.78 is 0. The second kappa shape index (κ2) is 4.91. The average molecular weight is 206 g/mol. The molecule has 10 heavy (non-hydrogen) atoms. The lowest BCUT2D eigenvalue weighted by molar-refractivity contribution is 0.752. The normalized spacial score (nSPS) is 16.0. The zero-order chi connectivity index (χ0) is 8.15. The van der Waals surface area contributed by atoms with Crippen molar-refractivity contribution in [2.24, 2.45) is 5.92 Å². The van der Waals surface area contributed by atoms with Crippen LogP contribution in [0.15, 0.2) is 11.6 Å². The molecule has 0 aromatic heterocycles. The molecule has 0 bridgehead atoms. The highest BCUT2D eigenvalue weighted by Crippen LogP contribution is 2.10.